The van der Waals surface area contributed by atoms with Crippen LogP contribution in [0.15, 0.2) is 24.3 Å². The predicted molar refractivity (Wildman–Crippen MR) is 81.4 cm³/mol. The van der Waals surface area contributed by atoms with Gasteiger partial charge in [-0.2, -0.15) is 0 Å². The van der Waals surface area contributed by atoms with Crippen molar-refractivity contribution in [3.8, 4) is 0 Å². The van der Waals surface area contributed by atoms with E-state index in [1.165, 1.54) is 0 Å². The molecule has 1 saturated carbocycles. The van der Waals surface area contributed by atoms with Crippen LogP contribution in [0.5, 0.6) is 0 Å². The van der Waals surface area contributed by atoms with Crippen LogP contribution in [0.25, 0.3) is 0 Å². The van der Waals surface area contributed by atoms with Crippen LogP contribution in [0.1, 0.15) is 38.2 Å². The summed E-state index contributed by atoms with van der Waals surface area (Å²) in [7, 11) is 0. The lowest BCUT2D eigenvalue weighted by Gasteiger charge is -2.15. The molecule has 2 atom stereocenters. The zero-order valence-electron chi connectivity index (χ0n) is 12.3. The topological polar surface area (TPSA) is 78.4 Å². The maximum atomic E-state index is 12.0. The van der Waals surface area contributed by atoms with Gasteiger partial charge in [0.05, 0.1) is 0 Å². The van der Waals surface area contributed by atoms with Gasteiger partial charge in [0, 0.05) is 18.2 Å². The monoisotopic (exact) mass is 290 g/mol. The van der Waals surface area contributed by atoms with Crippen LogP contribution >= 0.6 is 0 Å². The van der Waals surface area contributed by atoms with Crippen molar-refractivity contribution < 1.29 is 14.7 Å². The highest BCUT2D eigenvalue weighted by atomic mass is 16.4. The van der Waals surface area contributed by atoms with E-state index in [2.05, 4.69) is 17.6 Å². The Bertz CT molecular complexity index is 516. The number of rotatable bonds is 5. The molecule has 2 amide bonds. The van der Waals surface area contributed by atoms with E-state index >= 15 is 0 Å². The molecule has 114 valence electrons. The lowest BCUT2D eigenvalue weighted by atomic mass is 10.1. The molecular formula is C16H22N2O3. The summed E-state index contributed by atoms with van der Waals surface area (Å²) < 4.78 is 0. The van der Waals surface area contributed by atoms with Crippen molar-refractivity contribution in [2.45, 2.75) is 45.1 Å². The Hall–Kier alpha value is -2.04. The second-order valence-corrected chi connectivity index (χ2v) is 5.76. The highest BCUT2D eigenvalue weighted by Crippen LogP contribution is 2.24. The van der Waals surface area contributed by atoms with E-state index in [9.17, 15) is 9.59 Å². The number of aryl methyl sites for hydroxylation is 1. The van der Waals surface area contributed by atoms with Crippen molar-refractivity contribution in [2.24, 2.45) is 5.92 Å². The Kier molecular flexibility index (Phi) is 5.20. The Morgan fingerprint density at radius 2 is 2.05 bits per heavy atom. The van der Waals surface area contributed by atoms with E-state index in [1.807, 2.05) is 18.2 Å². The molecule has 0 aromatic heterocycles. The van der Waals surface area contributed by atoms with Crippen LogP contribution in [0.2, 0.25) is 0 Å². The second-order valence-electron chi connectivity index (χ2n) is 5.76. The summed E-state index contributed by atoms with van der Waals surface area (Å²) in [5.74, 6) is -0.174. The van der Waals surface area contributed by atoms with Crippen LogP contribution in [0, 0.1) is 5.92 Å². The maximum Gasteiger partial charge on any atom is 0.319 e. The highest BCUT2D eigenvalue weighted by Gasteiger charge is 2.22. The molecule has 2 rings (SSSR count). The quantitative estimate of drug-likeness (QED) is 0.780. The number of hydrogen-bond acceptors (Lipinski definition) is 2. The molecule has 3 N–H and O–H groups in total. The zero-order chi connectivity index (χ0) is 15.2. The molecule has 0 aliphatic heterocycles. The summed E-state index contributed by atoms with van der Waals surface area (Å²) in [5, 5.41) is 14.6. The largest absolute Gasteiger partial charge is 0.481 e. The number of anilines is 1. The standard InChI is InChI=1S/C16H22N2O3/c1-11-6-8-13(10-11)17-16(21)18-14-5-3-2-4-12(14)7-9-15(19)20/h2-5,11,13H,6-10H2,1H3,(H,19,20)(H2,17,18,21). The molecule has 5 heteroatoms. The van der Waals surface area contributed by atoms with Crippen LogP contribution in [-0.2, 0) is 11.2 Å². The molecule has 1 aromatic carbocycles. The molecule has 2 unspecified atom stereocenters. The smallest absolute Gasteiger partial charge is 0.319 e. The van der Waals surface area contributed by atoms with Crippen LogP contribution < -0.4 is 10.6 Å². The van der Waals surface area contributed by atoms with Gasteiger partial charge >= 0.3 is 12.0 Å². The number of hydrogen-bond donors (Lipinski definition) is 3. The first kappa shape index (κ1) is 15.4. The molecule has 1 aliphatic rings. The fraction of sp³-hybridized carbons (Fsp3) is 0.500. The Labute approximate surface area is 124 Å². The molecule has 21 heavy (non-hydrogen) atoms. The van der Waals surface area contributed by atoms with Gasteiger partial charge in [0.1, 0.15) is 0 Å². The van der Waals surface area contributed by atoms with Gasteiger partial charge in [0.15, 0.2) is 0 Å². The maximum absolute atomic E-state index is 12.0. The number of para-hydroxylation sites is 1. The average molecular weight is 290 g/mol. The van der Waals surface area contributed by atoms with Crippen LogP contribution in [-0.4, -0.2) is 23.1 Å². The van der Waals surface area contributed by atoms with E-state index in [4.69, 9.17) is 5.11 Å². The number of carbonyl (C=O) groups is 2. The number of amides is 2. The molecule has 5 nitrogen and oxygen atoms in total. The van der Waals surface area contributed by atoms with E-state index in [0.29, 0.717) is 18.0 Å². The third-order valence-corrected chi connectivity index (χ3v) is 3.90. The van der Waals surface area contributed by atoms with Gasteiger partial charge in [-0.25, -0.2) is 4.79 Å². The molecule has 0 bridgehead atoms. The molecule has 0 spiro atoms. The van der Waals surface area contributed by atoms with Crippen molar-refractivity contribution >= 4 is 17.7 Å². The fourth-order valence-electron chi connectivity index (χ4n) is 2.78. The average Bonchev–Trinajstić information content (AvgIpc) is 2.83. The van der Waals surface area contributed by atoms with Gasteiger partial charge in [-0.15, -0.1) is 0 Å². The van der Waals surface area contributed by atoms with Gasteiger partial charge in [-0.05, 0) is 43.2 Å². The predicted octanol–water partition coefficient (Wildman–Crippen LogP) is 3.01. The molecule has 0 saturated heterocycles. The number of carboxylic acid groups (broad SMARTS) is 1. The van der Waals surface area contributed by atoms with E-state index in [1.54, 1.807) is 6.07 Å². The van der Waals surface area contributed by atoms with E-state index in [-0.39, 0.29) is 18.5 Å². The van der Waals surface area contributed by atoms with Crippen molar-refractivity contribution in [1.29, 1.82) is 0 Å². The summed E-state index contributed by atoms with van der Waals surface area (Å²) in [5.41, 5.74) is 1.53. The van der Waals surface area contributed by atoms with Crippen LogP contribution in [0.3, 0.4) is 0 Å². The molecule has 1 fully saturated rings. The van der Waals surface area contributed by atoms with Gasteiger partial charge < -0.3 is 15.7 Å². The molecule has 1 aliphatic carbocycles. The third kappa shape index (κ3) is 4.77. The summed E-state index contributed by atoms with van der Waals surface area (Å²) in [6.45, 7) is 2.20. The number of urea groups is 1. The molecule has 0 heterocycles. The lowest BCUT2D eigenvalue weighted by molar-refractivity contribution is -0.136. The number of carbonyl (C=O) groups excluding carboxylic acids is 1. The highest BCUT2D eigenvalue weighted by molar-refractivity contribution is 5.90. The van der Waals surface area contributed by atoms with Crippen LogP contribution in [0.4, 0.5) is 10.5 Å². The van der Waals surface area contributed by atoms with E-state index < -0.39 is 5.97 Å². The lowest BCUT2D eigenvalue weighted by Crippen LogP contribution is -2.36. The van der Waals surface area contributed by atoms with E-state index in [0.717, 1.165) is 24.8 Å². The zero-order valence-corrected chi connectivity index (χ0v) is 12.3. The number of nitrogens with one attached hydrogen (secondary N) is 2. The summed E-state index contributed by atoms with van der Waals surface area (Å²) in [6.07, 6.45) is 3.66. The van der Waals surface area contributed by atoms with Crippen molar-refractivity contribution in [3.63, 3.8) is 0 Å². The third-order valence-electron chi connectivity index (χ3n) is 3.90. The van der Waals surface area contributed by atoms with Crippen molar-refractivity contribution in [1.82, 2.24) is 5.32 Å². The first-order valence-corrected chi connectivity index (χ1v) is 7.42. The van der Waals surface area contributed by atoms with Crippen molar-refractivity contribution in [3.05, 3.63) is 29.8 Å². The Balaban J connectivity index is 1.92. The fourth-order valence-corrected chi connectivity index (χ4v) is 2.78. The second kappa shape index (κ2) is 7.11. The molecule has 0 radical (unpaired) electrons. The first-order valence-electron chi connectivity index (χ1n) is 7.42. The summed E-state index contributed by atoms with van der Waals surface area (Å²) >= 11 is 0. The van der Waals surface area contributed by atoms with Gasteiger partial charge in [-0.3, -0.25) is 4.79 Å². The first-order chi connectivity index (χ1) is 10.0. The number of carboxylic acids is 1. The minimum atomic E-state index is -0.839. The Morgan fingerprint density at radius 1 is 1.29 bits per heavy atom. The summed E-state index contributed by atoms with van der Waals surface area (Å²) in [6, 6.07) is 7.35. The van der Waals surface area contributed by atoms with Gasteiger partial charge in [0.25, 0.3) is 0 Å². The Morgan fingerprint density at radius 3 is 2.71 bits per heavy atom. The molecule has 1 aromatic rings. The SMILES string of the molecule is CC1CCC(NC(=O)Nc2ccccc2CCC(=O)O)C1. The van der Waals surface area contributed by atoms with Crippen molar-refractivity contribution in [2.75, 3.05) is 5.32 Å². The minimum absolute atomic E-state index is 0.0560. The van der Waals surface area contributed by atoms with Gasteiger partial charge in [-0.1, -0.05) is 25.1 Å². The molecular weight excluding hydrogens is 268 g/mol. The minimum Gasteiger partial charge on any atom is -0.481 e. The number of benzene rings is 1. The van der Waals surface area contributed by atoms with Gasteiger partial charge in [0.2, 0.25) is 0 Å². The number of aliphatic carboxylic acids is 1. The normalized spacial score (nSPS) is 21.0. The summed E-state index contributed by atoms with van der Waals surface area (Å²) in [4.78, 5) is 22.7.